The highest BCUT2D eigenvalue weighted by atomic mass is 16.1. The number of nitrogens with one attached hydrogen (secondary N) is 1. The summed E-state index contributed by atoms with van der Waals surface area (Å²) in [7, 11) is 0. The van der Waals surface area contributed by atoms with Gasteiger partial charge in [0.05, 0.1) is 0 Å². The van der Waals surface area contributed by atoms with E-state index in [2.05, 4.69) is 17.2 Å². The Morgan fingerprint density at radius 1 is 1.30 bits per heavy atom. The zero-order chi connectivity index (χ0) is 14.5. The van der Waals surface area contributed by atoms with Gasteiger partial charge in [-0.05, 0) is 36.1 Å². The van der Waals surface area contributed by atoms with Crippen LogP contribution in [-0.4, -0.2) is 10.9 Å². The number of amides is 1. The quantitative estimate of drug-likeness (QED) is 0.896. The number of aromatic nitrogens is 1. The third-order valence-electron chi connectivity index (χ3n) is 3.27. The summed E-state index contributed by atoms with van der Waals surface area (Å²) in [6.07, 6.45) is 2.50. The molecule has 104 valence electrons. The van der Waals surface area contributed by atoms with Crippen molar-refractivity contribution in [3.8, 4) is 0 Å². The SMILES string of the molecule is CCc1cccc(C)c1NC(=O)c1ccc(CN)cn1. The van der Waals surface area contributed by atoms with Gasteiger partial charge in [-0.3, -0.25) is 9.78 Å². The van der Waals surface area contributed by atoms with Gasteiger partial charge in [-0.1, -0.05) is 31.2 Å². The fourth-order valence-electron chi connectivity index (χ4n) is 2.06. The number of nitrogens with zero attached hydrogens (tertiary/aromatic N) is 1. The molecule has 0 bridgehead atoms. The Balaban J connectivity index is 2.23. The van der Waals surface area contributed by atoms with Crippen molar-refractivity contribution in [2.75, 3.05) is 5.32 Å². The van der Waals surface area contributed by atoms with Crippen molar-refractivity contribution >= 4 is 11.6 Å². The normalized spacial score (nSPS) is 10.3. The summed E-state index contributed by atoms with van der Waals surface area (Å²) >= 11 is 0. The van der Waals surface area contributed by atoms with E-state index in [1.807, 2.05) is 31.2 Å². The molecule has 0 fully saturated rings. The lowest BCUT2D eigenvalue weighted by Crippen LogP contribution is -2.16. The number of rotatable bonds is 4. The van der Waals surface area contributed by atoms with Gasteiger partial charge in [-0.2, -0.15) is 0 Å². The first-order valence-corrected chi connectivity index (χ1v) is 6.70. The molecule has 0 radical (unpaired) electrons. The Morgan fingerprint density at radius 3 is 2.70 bits per heavy atom. The van der Waals surface area contributed by atoms with E-state index in [1.165, 1.54) is 0 Å². The number of para-hydroxylation sites is 1. The molecule has 1 aromatic heterocycles. The average Bonchev–Trinajstić information content (AvgIpc) is 2.49. The number of anilines is 1. The third kappa shape index (κ3) is 3.03. The number of pyridine rings is 1. The molecule has 0 saturated heterocycles. The summed E-state index contributed by atoms with van der Waals surface area (Å²) in [6.45, 7) is 4.48. The predicted octanol–water partition coefficient (Wildman–Crippen LogP) is 2.66. The molecule has 0 atom stereocenters. The van der Waals surface area contributed by atoms with Crippen molar-refractivity contribution in [2.45, 2.75) is 26.8 Å². The Labute approximate surface area is 119 Å². The highest BCUT2D eigenvalue weighted by Crippen LogP contribution is 2.21. The largest absolute Gasteiger partial charge is 0.326 e. The highest BCUT2D eigenvalue weighted by molar-refractivity contribution is 6.03. The molecule has 0 aliphatic rings. The average molecular weight is 269 g/mol. The maximum absolute atomic E-state index is 12.2. The van der Waals surface area contributed by atoms with Gasteiger partial charge in [-0.15, -0.1) is 0 Å². The van der Waals surface area contributed by atoms with Crippen LogP contribution >= 0.6 is 0 Å². The standard InChI is InChI=1S/C16H19N3O/c1-3-13-6-4-5-11(2)15(13)19-16(20)14-8-7-12(9-17)10-18-14/h4-8,10H,3,9,17H2,1-2H3,(H,19,20). The maximum Gasteiger partial charge on any atom is 0.274 e. The lowest BCUT2D eigenvalue weighted by molar-refractivity contribution is 0.102. The molecule has 4 heteroatoms. The molecular weight excluding hydrogens is 250 g/mol. The summed E-state index contributed by atoms with van der Waals surface area (Å²) in [5.74, 6) is -0.197. The molecule has 3 N–H and O–H groups in total. The first-order chi connectivity index (χ1) is 9.65. The van der Waals surface area contributed by atoms with Gasteiger partial charge < -0.3 is 11.1 Å². The van der Waals surface area contributed by atoms with Crippen LogP contribution in [0.3, 0.4) is 0 Å². The second kappa shape index (κ2) is 6.30. The van der Waals surface area contributed by atoms with Crippen LogP contribution in [-0.2, 0) is 13.0 Å². The van der Waals surface area contributed by atoms with Crippen molar-refractivity contribution in [1.29, 1.82) is 0 Å². The molecule has 0 aliphatic heterocycles. The van der Waals surface area contributed by atoms with Gasteiger partial charge in [0.15, 0.2) is 0 Å². The molecule has 0 saturated carbocycles. The van der Waals surface area contributed by atoms with Gasteiger partial charge in [0.2, 0.25) is 0 Å². The molecule has 2 rings (SSSR count). The fraction of sp³-hybridized carbons (Fsp3) is 0.250. The molecule has 4 nitrogen and oxygen atoms in total. The first-order valence-electron chi connectivity index (χ1n) is 6.70. The Kier molecular flexibility index (Phi) is 4.48. The van der Waals surface area contributed by atoms with Crippen molar-refractivity contribution in [1.82, 2.24) is 4.98 Å². The number of carbonyl (C=O) groups is 1. The Bertz CT molecular complexity index is 606. The van der Waals surface area contributed by atoms with Crippen molar-refractivity contribution < 1.29 is 4.79 Å². The van der Waals surface area contributed by atoms with Gasteiger partial charge in [0.25, 0.3) is 5.91 Å². The van der Waals surface area contributed by atoms with E-state index in [1.54, 1.807) is 12.3 Å². The van der Waals surface area contributed by atoms with Crippen LogP contribution < -0.4 is 11.1 Å². The van der Waals surface area contributed by atoms with Crippen LogP contribution in [0.4, 0.5) is 5.69 Å². The van der Waals surface area contributed by atoms with Crippen LogP contribution in [0, 0.1) is 6.92 Å². The maximum atomic E-state index is 12.2. The Hall–Kier alpha value is -2.20. The van der Waals surface area contributed by atoms with Crippen LogP contribution in [0.2, 0.25) is 0 Å². The molecular formula is C16H19N3O. The van der Waals surface area contributed by atoms with Crippen molar-refractivity contribution in [2.24, 2.45) is 5.73 Å². The molecule has 0 unspecified atom stereocenters. The minimum Gasteiger partial charge on any atom is -0.326 e. The Morgan fingerprint density at radius 2 is 2.10 bits per heavy atom. The summed E-state index contributed by atoms with van der Waals surface area (Å²) < 4.78 is 0. The molecule has 0 aliphatic carbocycles. The summed E-state index contributed by atoms with van der Waals surface area (Å²) in [5.41, 5.74) is 9.88. The second-order valence-electron chi connectivity index (χ2n) is 4.67. The van der Waals surface area contributed by atoms with E-state index in [9.17, 15) is 4.79 Å². The fourth-order valence-corrected chi connectivity index (χ4v) is 2.06. The zero-order valence-corrected chi connectivity index (χ0v) is 11.8. The summed E-state index contributed by atoms with van der Waals surface area (Å²) in [5, 5.41) is 2.95. The third-order valence-corrected chi connectivity index (χ3v) is 3.27. The molecule has 1 amide bonds. The van der Waals surface area contributed by atoms with E-state index in [-0.39, 0.29) is 5.91 Å². The number of aryl methyl sites for hydroxylation is 2. The predicted molar refractivity (Wildman–Crippen MR) is 80.6 cm³/mol. The molecule has 1 aromatic carbocycles. The minimum atomic E-state index is -0.197. The van der Waals surface area contributed by atoms with Gasteiger partial charge in [-0.25, -0.2) is 0 Å². The van der Waals surface area contributed by atoms with E-state index in [0.717, 1.165) is 28.8 Å². The topological polar surface area (TPSA) is 68.0 Å². The number of benzene rings is 1. The molecule has 20 heavy (non-hydrogen) atoms. The molecule has 0 spiro atoms. The first kappa shape index (κ1) is 14.2. The van der Waals surface area contributed by atoms with Crippen LogP contribution in [0.5, 0.6) is 0 Å². The number of carbonyl (C=O) groups excluding carboxylic acids is 1. The van der Waals surface area contributed by atoms with Gasteiger partial charge >= 0.3 is 0 Å². The lowest BCUT2D eigenvalue weighted by Gasteiger charge is -2.12. The van der Waals surface area contributed by atoms with E-state index < -0.39 is 0 Å². The monoisotopic (exact) mass is 269 g/mol. The van der Waals surface area contributed by atoms with Crippen molar-refractivity contribution in [3.63, 3.8) is 0 Å². The van der Waals surface area contributed by atoms with Gasteiger partial charge in [0.1, 0.15) is 5.69 Å². The van der Waals surface area contributed by atoms with Crippen LogP contribution in [0.1, 0.15) is 34.1 Å². The number of hydrogen-bond donors (Lipinski definition) is 2. The van der Waals surface area contributed by atoms with E-state index in [4.69, 9.17) is 5.73 Å². The van der Waals surface area contributed by atoms with E-state index >= 15 is 0 Å². The zero-order valence-electron chi connectivity index (χ0n) is 11.8. The minimum absolute atomic E-state index is 0.197. The van der Waals surface area contributed by atoms with Crippen LogP contribution in [0.25, 0.3) is 0 Å². The summed E-state index contributed by atoms with van der Waals surface area (Å²) in [4.78, 5) is 16.4. The second-order valence-corrected chi connectivity index (χ2v) is 4.67. The number of hydrogen-bond acceptors (Lipinski definition) is 3. The molecule has 2 aromatic rings. The van der Waals surface area contributed by atoms with Gasteiger partial charge in [0, 0.05) is 18.4 Å². The van der Waals surface area contributed by atoms with E-state index in [0.29, 0.717) is 12.2 Å². The van der Waals surface area contributed by atoms with Crippen molar-refractivity contribution in [3.05, 3.63) is 58.9 Å². The highest BCUT2D eigenvalue weighted by Gasteiger charge is 2.11. The van der Waals surface area contributed by atoms with Crippen LogP contribution in [0.15, 0.2) is 36.5 Å². The summed E-state index contributed by atoms with van der Waals surface area (Å²) in [6, 6.07) is 9.52. The smallest absolute Gasteiger partial charge is 0.274 e. The number of nitrogens with two attached hydrogens (primary N) is 1. The lowest BCUT2D eigenvalue weighted by atomic mass is 10.1. The molecule has 1 heterocycles.